The highest BCUT2D eigenvalue weighted by Crippen LogP contribution is 2.19. The zero-order valence-electron chi connectivity index (χ0n) is 11.1. The molecule has 0 aromatic carbocycles. The maximum absolute atomic E-state index is 5.61. The van der Waals surface area contributed by atoms with Gasteiger partial charge >= 0.3 is 0 Å². The van der Waals surface area contributed by atoms with Crippen LogP contribution in [-0.4, -0.2) is 35.6 Å². The molecule has 2 rings (SSSR count). The Morgan fingerprint density at radius 1 is 1.28 bits per heavy atom. The van der Waals surface area contributed by atoms with E-state index in [4.69, 9.17) is 5.73 Å². The van der Waals surface area contributed by atoms with E-state index in [0.717, 1.165) is 24.7 Å². The molecule has 1 unspecified atom stereocenters. The first-order chi connectivity index (χ1) is 8.79. The highest BCUT2D eigenvalue weighted by atomic mass is 15.2. The Morgan fingerprint density at radius 2 is 2.00 bits per heavy atom. The molecule has 1 saturated heterocycles. The van der Waals surface area contributed by atoms with Crippen molar-refractivity contribution < 1.29 is 0 Å². The van der Waals surface area contributed by atoms with Crippen LogP contribution in [-0.2, 0) is 0 Å². The van der Waals surface area contributed by atoms with Gasteiger partial charge < -0.3 is 16.0 Å². The molecule has 0 radical (unpaired) electrons. The minimum atomic E-state index is 0.233. The van der Waals surface area contributed by atoms with Crippen LogP contribution >= 0.6 is 0 Å². The van der Waals surface area contributed by atoms with Gasteiger partial charge in [0.25, 0.3) is 0 Å². The van der Waals surface area contributed by atoms with Crippen LogP contribution in [0.4, 0.5) is 11.6 Å². The molecule has 1 aliphatic heterocycles. The average molecular weight is 249 g/mol. The molecule has 1 aromatic rings. The molecule has 0 aliphatic carbocycles. The minimum absolute atomic E-state index is 0.233. The molecule has 1 aromatic heterocycles. The van der Waals surface area contributed by atoms with Crippen molar-refractivity contribution in [1.82, 2.24) is 9.97 Å². The number of nitrogens with zero attached hydrogens (tertiary/aromatic N) is 3. The molecule has 0 amide bonds. The van der Waals surface area contributed by atoms with Crippen molar-refractivity contribution >= 4 is 11.6 Å². The predicted molar refractivity (Wildman–Crippen MR) is 74.9 cm³/mol. The van der Waals surface area contributed by atoms with Crippen molar-refractivity contribution in [2.45, 2.75) is 38.6 Å². The molecule has 5 nitrogen and oxygen atoms in total. The summed E-state index contributed by atoms with van der Waals surface area (Å²) in [6.45, 7) is 4.85. The van der Waals surface area contributed by atoms with Crippen molar-refractivity contribution in [2.24, 2.45) is 5.73 Å². The summed E-state index contributed by atoms with van der Waals surface area (Å²) in [5.74, 6) is 1.89. The third-order valence-electron chi connectivity index (χ3n) is 3.33. The van der Waals surface area contributed by atoms with Crippen molar-refractivity contribution in [3.8, 4) is 0 Å². The van der Waals surface area contributed by atoms with Gasteiger partial charge in [-0.15, -0.1) is 0 Å². The lowest BCUT2D eigenvalue weighted by Gasteiger charge is -2.22. The van der Waals surface area contributed by atoms with Crippen LogP contribution in [0, 0.1) is 0 Å². The molecule has 1 atom stereocenters. The van der Waals surface area contributed by atoms with E-state index < -0.39 is 0 Å². The SMILES string of the molecule is CC(CN)Nc1cc(N2CCCCCC2)ncn1. The largest absolute Gasteiger partial charge is 0.366 e. The van der Waals surface area contributed by atoms with Gasteiger partial charge in [0.1, 0.15) is 18.0 Å². The van der Waals surface area contributed by atoms with E-state index >= 15 is 0 Å². The van der Waals surface area contributed by atoms with E-state index in [1.54, 1.807) is 6.33 Å². The number of nitrogens with two attached hydrogens (primary N) is 1. The smallest absolute Gasteiger partial charge is 0.134 e. The van der Waals surface area contributed by atoms with Gasteiger partial charge in [-0.3, -0.25) is 0 Å². The number of hydrogen-bond donors (Lipinski definition) is 2. The minimum Gasteiger partial charge on any atom is -0.366 e. The second-order valence-electron chi connectivity index (χ2n) is 4.94. The summed E-state index contributed by atoms with van der Waals surface area (Å²) >= 11 is 0. The van der Waals surface area contributed by atoms with Crippen molar-refractivity contribution in [2.75, 3.05) is 29.9 Å². The van der Waals surface area contributed by atoms with E-state index in [1.165, 1.54) is 25.7 Å². The lowest BCUT2D eigenvalue weighted by atomic mass is 10.2. The number of aromatic nitrogens is 2. The van der Waals surface area contributed by atoms with Gasteiger partial charge in [0.15, 0.2) is 0 Å². The van der Waals surface area contributed by atoms with Crippen LogP contribution in [0.25, 0.3) is 0 Å². The number of rotatable bonds is 4. The third kappa shape index (κ3) is 3.57. The molecule has 0 spiro atoms. The normalized spacial score (nSPS) is 18.2. The zero-order valence-corrected chi connectivity index (χ0v) is 11.1. The first kappa shape index (κ1) is 13.1. The molecule has 0 saturated carbocycles. The predicted octanol–water partition coefficient (Wildman–Crippen LogP) is 1.62. The molecule has 1 fully saturated rings. The van der Waals surface area contributed by atoms with Crippen molar-refractivity contribution in [3.63, 3.8) is 0 Å². The lowest BCUT2D eigenvalue weighted by Crippen LogP contribution is -2.27. The first-order valence-corrected chi connectivity index (χ1v) is 6.83. The highest BCUT2D eigenvalue weighted by Gasteiger charge is 2.12. The number of nitrogens with one attached hydrogen (secondary N) is 1. The topological polar surface area (TPSA) is 67.1 Å². The van der Waals surface area contributed by atoms with Gasteiger partial charge in [-0.05, 0) is 19.8 Å². The zero-order chi connectivity index (χ0) is 12.8. The summed E-state index contributed by atoms with van der Waals surface area (Å²) in [7, 11) is 0. The van der Waals surface area contributed by atoms with E-state index in [-0.39, 0.29) is 6.04 Å². The van der Waals surface area contributed by atoms with E-state index in [2.05, 4.69) is 20.2 Å². The van der Waals surface area contributed by atoms with Crippen LogP contribution in [0.5, 0.6) is 0 Å². The summed E-state index contributed by atoms with van der Waals surface area (Å²) in [5.41, 5.74) is 5.61. The van der Waals surface area contributed by atoms with Crippen LogP contribution in [0.3, 0.4) is 0 Å². The summed E-state index contributed by atoms with van der Waals surface area (Å²) < 4.78 is 0. The monoisotopic (exact) mass is 249 g/mol. The maximum Gasteiger partial charge on any atom is 0.134 e. The van der Waals surface area contributed by atoms with E-state index in [9.17, 15) is 0 Å². The second kappa shape index (κ2) is 6.54. The Bertz CT molecular complexity index is 360. The highest BCUT2D eigenvalue weighted by molar-refractivity contribution is 5.48. The molecule has 100 valence electrons. The fourth-order valence-electron chi connectivity index (χ4n) is 2.21. The van der Waals surface area contributed by atoms with E-state index in [0.29, 0.717) is 6.54 Å². The molecule has 18 heavy (non-hydrogen) atoms. The molecule has 0 bridgehead atoms. The lowest BCUT2D eigenvalue weighted by molar-refractivity contribution is 0.726. The van der Waals surface area contributed by atoms with E-state index in [1.807, 2.05) is 13.0 Å². The Kier molecular flexibility index (Phi) is 4.75. The standard InChI is InChI=1S/C13H23N5/c1-11(9-14)17-12-8-13(16-10-15-12)18-6-4-2-3-5-7-18/h8,10-11H,2-7,9,14H2,1H3,(H,15,16,17). The Hall–Kier alpha value is -1.36. The molecule has 1 aliphatic rings. The molecule has 5 heteroatoms. The van der Waals surface area contributed by atoms with Crippen molar-refractivity contribution in [3.05, 3.63) is 12.4 Å². The Morgan fingerprint density at radius 3 is 2.67 bits per heavy atom. The maximum atomic E-state index is 5.61. The van der Waals surface area contributed by atoms with Crippen molar-refractivity contribution in [1.29, 1.82) is 0 Å². The quantitative estimate of drug-likeness (QED) is 0.848. The number of hydrogen-bond acceptors (Lipinski definition) is 5. The van der Waals surface area contributed by atoms with Gasteiger partial charge in [0.05, 0.1) is 0 Å². The fourth-order valence-corrected chi connectivity index (χ4v) is 2.21. The van der Waals surface area contributed by atoms with Gasteiger partial charge in [-0.25, -0.2) is 9.97 Å². The third-order valence-corrected chi connectivity index (χ3v) is 3.33. The van der Waals surface area contributed by atoms with Gasteiger partial charge in [0.2, 0.25) is 0 Å². The molecule has 2 heterocycles. The van der Waals surface area contributed by atoms with Crippen LogP contribution in [0.2, 0.25) is 0 Å². The summed E-state index contributed by atoms with van der Waals surface area (Å²) in [6, 6.07) is 2.26. The summed E-state index contributed by atoms with van der Waals surface area (Å²) in [6.07, 6.45) is 6.80. The summed E-state index contributed by atoms with van der Waals surface area (Å²) in [5, 5.41) is 3.28. The van der Waals surface area contributed by atoms with Gasteiger partial charge in [-0.2, -0.15) is 0 Å². The fraction of sp³-hybridized carbons (Fsp3) is 0.692. The molecular formula is C13H23N5. The van der Waals surface area contributed by atoms with Crippen LogP contribution < -0.4 is 16.0 Å². The van der Waals surface area contributed by atoms with Gasteiger partial charge in [-0.1, -0.05) is 12.8 Å². The van der Waals surface area contributed by atoms with Crippen LogP contribution in [0.15, 0.2) is 12.4 Å². The second-order valence-corrected chi connectivity index (χ2v) is 4.94. The summed E-state index contributed by atoms with van der Waals surface area (Å²) in [4.78, 5) is 11.0. The Labute approximate surface area is 109 Å². The Balaban J connectivity index is 2.05. The average Bonchev–Trinajstić information content (AvgIpc) is 2.68. The van der Waals surface area contributed by atoms with Gasteiger partial charge in [0, 0.05) is 31.7 Å². The van der Waals surface area contributed by atoms with Crippen LogP contribution in [0.1, 0.15) is 32.6 Å². The first-order valence-electron chi connectivity index (χ1n) is 6.83. The molecule has 3 N–H and O–H groups in total. The number of anilines is 2. The molecular weight excluding hydrogens is 226 g/mol.